The summed E-state index contributed by atoms with van der Waals surface area (Å²) in [5, 5.41) is 8.17. The van der Waals surface area contributed by atoms with Crippen molar-refractivity contribution in [2.24, 2.45) is 0 Å². The number of hydrogen-bond donors (Lipinski definition) is 3. The Morgan fingerprint density at radius 3 is 2.11 bits per heavy atom. The molecule has 5 amide bonds. The number of carbonyl (C=O) groups excluding carboxylic acids is 6. The Bertz CT molecular complexity index is 1630. The lowest BCUT2D eigenvalue weighted by molar-refractivity contribution is -0.143. The lowest BCUT2D eigenvalue weighted by atomic mass is 10.0. The Morgan fingerprint density at radius 1 is 0.778 bits per heavy atom. The minimum absolute atomic E-state index is 0.0266. The maximum atomic E-state index is 13.9. The molecule has 0 bridgehead atoms. The molecule has 3 N–H and O–H groups in total. The molecule has 296 valence electrons. The zero-order valence-corrected chi connectivity index (χ0v) is 32.8. The van der Waals surface area contributed by atoms with E-state index < -0.39 is 29.4 Å². The average molecular weight is 752 g/mol. The highest BCUT2D eigenvalue weighted by molar-refractivity contribution is 6.09. The normalized spacial score (nSPS) is 13.1. The monoisotopic (exact) mass is 751 g/mol. The molecule has 1 heterocycles. The Kier molecular flexibility index (Phi) is 16.3. The number of ether oxygens (including phenoxy) is 3. The second-order valence-electron chi connectivity index (χ2n) is 15.1. The maximum absolute atomic E-state index is 13.9. The molecule has 0 saturated heterocycles. The number of aryl methyl sites for hydroxylation is 1. The van der Waals surface area contributed by atoms with Gasteiger partial charge in [-0.15, -0.1) is 0 Å². The highest BCUT2D eigenvalue weighted by atomic mass is 16.6. The van der Waals surface area contributed by atoms with Crippen LogP contribution in [0.1, 0.15) is 108 Å². The third-order valence-corrected chi connectivity index (χ3v) is 8.02. The van der Waals surface area contributed by atoms with E-state index in [1.54, 1.807) is 56.9 Å². The molecule has 0 atom stereocenters. The van der Waals surface area contributed by atoms with Crippen LogP contribution in [0.4, 0.5) is 21.0 Å². The Balaban J connectivity index is 1.69. The summed E-state index contributed by atoms with van der Waals surface area (Å²) < 4.78 is 15.5. The molecule has 0 spiro atoms. The SMILES string of the molecule is CCOC(=O)CCN1CC(=O)N(Cc2cccc(NC(=O)CCNC(=O)OC(C)(C)C)c2)c2ccc(CCCCCCNC(=O)OC(C)(C)C)cc2C1=O. The van der Waals surface area contributed by atoms with E-state index in [9.17, 15) is 28.8 Å². The molecule has 14 nitrogen and oxygen atoms in total. The van der Waals surface area contributed by atoms with Crippen LogP contribution in [0, 0.1) is 0 Å². The number of hydrogen-bond acceptors (Lipinski definition) is 9. The molecule has 1 aliphatic heterocycles. The van der Waals surface area contributed by atoms with Gasteiger partial charge in [0.1, 0.15) is 17.7 Å². The first kappa shape index (κ1) is 43.3. The number of carbonyl (C=O) groups is 6. The van der Waals surface area contributed by atoms with Gasteiger partial charge in [0.25, 0.3) is 5.91 Å². The molecule has 0 aromatic heterocycles. The Morgan fingerprint density at radius 2 is 1.44 bits per heavy atom. The maximum Gasteiger partial charge on any atom is 0.407 e. The number of amides is 5. The lowest BCUT2D eigenvalue weighted by Gasteiger charge is -2.23. The van der Waals surface area contributed by atoms with Crippen molar-refractivity contribution in [2.45, 2.75) is 111 Å². The van der Waals surface area contributed by atoms with Crippen LogP contribution in [0.25, 0.3) is 0 Å². The number of unbranched alkanes of at least 4 members (excludes halogenated alkanes) is 3. The molecule has 0 unspecified atom stereocenters. The van der Waals surface area contributed by atoms with E-state index >= 15 is 0 Å². The van der Waals surface area contributed by atoms with Crippen molar-refractivity contribution < 1.29 is 43.0 Å². The molecule has 14 heteroatoms. The number of nitrogens with zero attached hydrogens (tertiary/aromatic N) is 2. The number of benzene rings is 2. The molecule has 54 heavy (non-hydrogen) atoms. The van der Waals surface area contributed by atoms with Gasteiger partial charge >= 0.3 is 18.2 Å². The number of fused-ring (bicyclic) bond motifs is 1. The smallest absolute Gasteiger partial charge is 0.407 e. The zero-order valence-electron chi connectivity index (χ0n) is 32.8. The summed E-state index contributed by atoms with van der Waals surface area (Å²) in [6, 6.07) is 12.6. The van der Waals surface area contributed by atoms with Gasteiger partial charge in [0.15, 0.2) is 0 Å². The summed E-state index contributed by atoms with van der Waals surface area (Å²) >= 11 is 0. The number of esters is 1. The van der Waals surface area contributed by atoms with Gasteiger partial charge in [-0.25, -0.2) is 9.59 Å². The van der Waals surface area contributed by atoms with Gasteiger partial charge in [-0.2, -0.15) is 0 Å². The van der Waals surface area contributed by atoms with Gasteiger partial charge in [-0.1, -0.05) is 31.0 Å². The van der Waals surface area contributed by atoms with Crippen LogP contribution in [0.15, 0.2) is 42.5 Å². The highest BCUT2D eigenvalue weighted by Crippen LogP contribution is 2.30. The first-order chi connectivity index (χ1) is 25.4. The number of anilines is 2. The molecule has 1 aliphatic rings. The van der Waals surface area contributed by atoms with Crippen LogP contribution < -0.4 is 20.9 Å². The summed E-state index contributed by atoms with van der Waals surface area (Å²) in [6.45, 7) is 13.2. The molecular formula is C40H57N5O9. The van der Waals surface area contributed by atoms with E-state index in [4.69, 9.17) is 14.2 Å². The standard InChI is InChI=1S/C40H57N5O9/c1-8-52-35(48)20-23-44-27-34(47)45(26-29-15-13-16-30(24-29)43-33(46)19-22-42-38(51)54-40(5,6)7)32-18-17-28(25-31(32)36(44)49)14-11-9-10-12-21-41-37(50)53-39(2,3)4/h13,15-18,24-25H,8-12,14,19-23,26-27H2,1-7H3,(H,41,50)(H,42,51)(H,43,46). The average Bonchev–Trinajstić information content (AvgIpc) is 3.15. The third-order valence-electron chi connectivity index (χ3n) is 8.02. The van der Waals surface area contributed by atoms with Gasteiger partial charge in [0.05, 0.1) is 30.8 Å². The second-order valence-corrected chi connectivity index (χ2v) is 15.1. The summed E-state index contributed by atoms with van der Waals surface area (Å²) in [6.07, 6.45) is 3.17. The van der Waals surface area contributed by atoms with Gasteiger partial charge in [-0.3, -0.25) is 19.2 Å². The van der Waals surface area contributed by atoms with Crippen LogP contribution in [0.3, 0.4) is 0 Å². The Hall–Kier alpha value is -5.14. The largest absolute Gasteiger partial charge is 0.466 e. The molecule has 0 saturated carbocycles. The second kappa shape index (κ2) is 20.4. The van der Waals surface area contributed by atoms with Gasteiger partial charge in [0.2, 0.25) is 11.8 Å². The van der Waals surface area contributed by atoms with E-state index in [1.807, 2.05) is 39.0 Å². The topological polar surface area (TPSA) is 173 Å². The molecule has 0 fully saturated rings. The van der Waals surface area contributed by atoms with Gasteiger partial charge in [0, 0.05) is 31.7 Å². The highest BCUT2D eigenvalue weighted by Gasteiger charge is 2.32. The van der Waals surface area contributed by atoms with Gasteiger partial charge in [-0.05, 0) is 103 Å². The fourth-order valence-corrected chi connectivity index (χ4v) is 5.64. The quantitative estimate of drug-likeness (QED) is 0.0980. The molecular weight excluding hydrogens is 694 g/mol. The predicted molar refractivity (Wildman–Crippen MR) is 205 cm³/mol. The molecule has 2 aromatic carbocycles. The van der Waals surface area contributed by atoms with Crippen molar-refractivity contribution in [3.05, 3.63) is 59.2 Å². The first-order valence-electron chi connectivity index (χ1n) is 18.6. The summed E-state index contributed by atoms with van der Waals surface area (Å²) in [4.78, 5) is 79.3. The number of rotatable bonds is 17. The van der Waals surface area contributed by atoms with E-state index in [0.29, 0.717) is 29.9 Å². The van der Waals surface area contributed by atoms with E-state index in [1.165, 1.54) is 4.90 Å². The molecule has 0 radical (unpaired) electrons. The fourth-order valence-electron chi connectivity index (χ4n) is 5.64. The predicted octanol–water partition coefficient (Wildman–Crippen LogP) is 6.11. The summed E-state index contributed by atoms with van der Waals surface area (Å²) in [5.41, 5.74) is 1.81. The van der Waals surface area contributed by atoms with E-state index in [0.717, 1.165) is 36.8 Å². The fraction of sp³-hybridized carbons (Fsp3) is 0.550. The summed E-state index contributed by atoms with van der Waals surface area (Å²) in [5.74, 6) is -1.43. The summed E-state index contributed by atoms with van der Waals surface area (Å²) in [7, 11) is 0. The lowest BCUT2D eigenvalue weighted by Crippen LogP contribution is -2.40. The zero-order chi connectivity index (χ0) is 39.9. The minimum Gasteiger partial charge on any atom is -0.466 e. The third kappa shape index (κ3) is 15.5. The molecule has 3 rings (SSSR count). The van der Waals surface area contributed by atoms with Crippen LogP contribution in [-0.2, 0) is 41.6 Å². The van der Waals surface area contributed by atoms with Crippen LogP contribution >= 0.6 is 0 Å². The van der Waals surface area contributed by atoms with Crippen LogP contribution in [0.2, 0.25) is 0 Å². The van der Waals surface area contributed by atoms with Crippen molar-refractivity contribution >= 4 is 47.3 Å². The van der Waals surface area contributed by atoms with Crippen molar-refractivity contribution in [1.29, 1.82) is 0 Å². The van der Waals surface area contributed by atoms with Crippen LogP contribution in [-0.4, -0.2) is 84.8 Å². The van der Waals surface area contributed by atoms with Gasteiger partial charge < -0.3 is 40.0 Å². The van der Waals surface area contributed by atoms with E-state index in [-0.39, 0.29) is 63.3 Å². The van der Waals surface area contributed by atoms with Crippen molar-refractivity contribution in [1.82, 2.24) is 15.5 Å². The number of alkyl carbamates (subject to hydrolysis) is 2. The molecule has 0 aliphatic carbocycles. The van der Waals surface area contributed by atoms with E-state index in [2.05, 4.69) is 16.0 Å². The first-order valence-corrected chi connectivity index (χ1v) is 18.6. The minimum atomic E-state index is -0.649. The Labute approximate surface area is 318 Å². The van der Waals surface area contributed by atoms with Crippen LogP contribution in [0.5, 0.6) is 0 Å². The van der Waals surface area contributed by atoms with Crippen molar-refractivity contribution in [3.8, 4) is 0 Å². The van der Waals surface area contributed by atoms with Crippen molar-refractivity contribution in [2.75, 3.05) is 43.0 Å². The van der Waals surface area contributed by atoms with Crippen molar-refractivity contribution in [3.63, 3.8) is 0 Å². The number of nitrogens with one attached hydrogen (secondary N) is 3. The molecule has 2 aromatic rings.